The minimum atomic E-state index is -1.45. The second-order valence-corrected chi connectivity index (χ2v) is 38.4. The van der Waals surface area contributed by atoms with Crippen molar-refractivity contribution in [2.75, 3.05) is 78.0 Å². The van der Waals surface area contributed by atoms with Gasteiger partial charge in [-0.15, -0.1) is 64.3 Å². The second-order valence-electron chi connectivity index (χ2n) is 18.1. The Morgan fingerprint density at radius 3 is 1.11 bits per heavy atom. The van der Waals surface area contributed by atoms with Crippen LogP contribution in [0.25, 0.3) is 0 Å². The quantitative estimate of drug-likeness (QED) is 0.101. The third-order valence-electron chi connectivity index (χ3n) is 9.49. The first kappa shape index (κ1) is 56.6. The third-order valence-corrected chi connectivity index (χ3v) is 18.4. The van der Waals surface area contributed by atoms with Gasteiger partial charge in [0.1, 0.15) is 43.7 Å². The predicted octanol–water partition coefficient (Wildman–Crippen LogP) is 3.87. The number of aliphatic hydroxyl groups excluding tert-OH is 4. The number of alkyl halides is 4. The summed E-state index contributed by atoms with van der Waals surface area (Å²) in [4.78, 5) is -0.140. The predicted molar refractivity (Wildman–Crippen MR) is 268 cm³/mol. The molecule has 4 N–H and O–H groups in total. The molecule has 4 aliphatic heterocycles. The fourth-order valence-corrected chi connectivity index (χ4v) is 11.0. The Bertz CT molecular complexity index is 1180. The van der Waals surface area contributed by atoms with Crippen molar-refractivity contribution in [1.82, 2.24) is 0 Å². The number of hydrogen-bond acceptors (Lipinski definition) is 8. The Labute approximate surface area is 372 Å². The molecule has 4 aliphatic rings. The van der Waals surface area contributed by atoms with Gasteiger partial charge < -0.3 is 39.4 Å². The van der Waals surface area contributed by atoms with Gasteiger partial charge in [-0.25, -0.2) is 4.39 Å². The van der Waals surface area contributed by atoms with Crippen LogP contribution in [0, 0.1) is 0 Å². The molecule has 4 unspecified atom stereocenters. The summed E-state index contributed by atoms with van der Waals surface area (Å²) in [6.45, 7) is 13.0. The van der Waals surface area contributed by atoms with Crippen LogP contribution in [0.1, 0.15) is 25.7 Å². The van der Waals surface area contributed by atoms with Crippen molar-refractivity contribution in [2.45, 2.75) is 119 Å². The molecule has 0 saturated carbocycles. The lowest BCUT2D eigenvalue weighted by molar-refractivity contribution is 0.0289. The lowest BCUT2D eigenvalue weighted by atomic mass is 9.94. The molecule has 0 aliphatic carbocycles. The molecule has 320 valence electrons. The second kappa shape index (κ2) is 24.6. The number of hydrogen-bond donors (Lipinski definition) is 4. The minimum absolute atomic E-state index is 0.0175. The molecular formula is C36H68B4BrClFIO8P4. The molecule has 20 heteroatoms. The van der Waals surface area contributed by atoms with E-state index in [1.165, 1.54) is 0 Å². The van der Waals surface area contributed by atoms with Gasteiger partial charge >= 0.3 is 0 Å². The first-order valence-electron chi connectivity index (χ1n) is 18.9. The first-order chi connectivity index (χ1) is 25.2. The molecule has 4 fully saturated rings. The Hall–Kier alpha value is 2.57. The topological polar surface area (TPSA) is 118 Å². The first-order valence-corrected chi connectivity index (χ1v) is 33.7. The molecule has 0 amide bonds. The zero-order valence-electron chi connectivity index (χ0n) is 34.8. The summed E-state index contributed by atoms with van der Waals surface area (Å²) in [5.74, 6) is 0. The van der Waals surface area contributed by atoms with Crippen LogP contribution in [-0.4, -0.2) is 248 Å². The third kappa shape index (κ3) is 21.3. The van der Waals surface area contributed by atoms with E-state index in [1.807, 2.05) is 0 Å². The maximum Gasteiger partial charge on any atom is 0.146 e. The van der Waals surface area contributed by atoms with Gasteiger partial charge in [-0.05, 0) is 104 Å². The van der Waals surface area contributed by atoms with Gasteiger partial charge in [-0.1, -0.05) is 38.5 Å². The lowest BCUT2D eigenvalue weighted by Crippen LogP contribution is -2.29. The van der Waals surface area contributed by atoms with Crippen molar-refractivity contribution in [1.29, 1.82) is 0 Å². The number of ether oxygens (including phenoxy) is 4. The van der Waals surface area contributed by atoms with Crippen molar-refractivity contribution < 1.29 is 43.8 Å². The van der Waals surface area contributed by atoms with Crippen molar-refractivity contribution in [3.05, 3.63) is 0 Å². The van der Waals surface area contributed by atoms with Gasteiger partial charge in [0, 0.05) is 18.0 Å². The molecule has 4 rings (SSSR count). The van der Waals surface area contributed by atoms with Crippen LogP contribution in [0.15, 0.2) is 0 Å². The molecule has 8 radical (unpaired) electrons. The van der Waals surface area contributed by atoms with E-state index in [1.54, 1.807) is 0 Å². The Morgan fingerprint density at radius 1 is 0.554 bits per heavy atom. The van der Waals surface area contributed by atoms with Crippen LogP contribution in [0.3, 0.4) is 0 Å². The maximum absolute atomic E-state index is 13.1. The van der Waals surface area contributed by atoms with E-state index >= 15 is 0 Å². The molecule has 56 heavy (non-hydrogen) atoms. The molecule has 8 nitrogen and oxygen atoms in total. The fraction of sp³-hybridized carbons (Fsp3) is 0.889. The number of halogens is 4. The normalized spacial score (nSPS) is 38.9. The molecule has 16 atom stereocenters. The smallest absolute Gasteiger partial charge is 0.146 e. The summed E-state index contributed by atoms with van der Waals surface area (Å²) < 4.78 is 34.5. The molecule has 4 saturated heterocycles. The standard InChI is InChI=1S/C9H17BBrO2P.C9H17BClO2P.C9H17BFO2P.C9H17BIO2P/c4*1-14(2,3)5-4-6-8(12)7(11)9(10)13-6/h4*6-9,12H,1,4-5H2,2-3H3/t4*6-,7?,8-,9-/m1111/s1. The molecule has 0 bridgehead atoms. The highest BCUT2D eigenvalue weighted by Gasteiger charge is 2.42. The van der Waals surface area contributed by atoms with Crippen molar-refractivity contribution >= 4 is 134 Å². The molecular weight excluding hydrogens is 989 g/mol. The molecule has 4 heterocycles. The summed E-state index contributed by atoms with van der Waals surface area (Å²) in [7, 11) is 22.3. The SMILES string of the molecule is [B][C@@H]1O[C@H](CCP(=C)(C)C)[C@@H](O)C1Br.[B][C@@H]1O[C@H](CCP(=C)(C)C)[C@@H](O)C1Cl.[B][C@@H]1O[C@H](CCP(=C)(C)C)[C@@H](O)C1F.[B][C@@H]1O[C@H](CCP(=C)(C)C)[C@@H](O)C1I. The van der Waals surface area contributed by atoms with Gasteiger partial charge in [0.05, 0.1) is 62.9 Å². The van der Waals surface area contributed by atoms with E-state index in [0.29, 0.717) is 6.42 Å². The molecule has 0 aromatic heterocycles. The van der Waals surface area contributed by atoms with Crippen molar-refractivity contribution in [3.8, 4) is 0 Å². The highest BCUT2D eigenvalue weighted by molar-refractivity contribution is 14.1. The monoisotopic (exact) mass is 1060 g/mol. The van der Waals surface area contributed by atoms with Crippen molar-refractivity contribution in [3.63, 3.8) is 0 Å². The molecule has 0 aromatic rings. The van der Waals surface area contributed by atoms with E-state index in [0.717, 1.165) is 43.9 Å². The van der Waals surface area contributed by atoms with Gasteiger partial charge in [0.15, 0.2) is 0 Å². The van der Waals surface area contributed by atoms with Gasteiger partial charge in [-0.2, -0.15) is 0 Å². The van der Waals surface area contributed by atoms with E-state index in [2.05, 4.69) is 117 Å². The highest BCUT2D eigenvalue weighted by Crippen LogP contribution is 2.41. The Balaban J connectivity index is 0.000000373. The van der Waals surface area contributed by atoms with Crippen LogP contribution in [-0.2, 0) is 18.9 Å². The van der Waals surface area contributed by atoms with Crippen LogP contribution in [0.2, 0.25) is 0 Å². The van der Waals surface area contributed by atoms with Gasteiger partial charge in [0.2, 0.25) is 0 Å². The van der Waals surface area contributed by atoms with E-state index < -0.39 is 81.6 Å². The summed E-state index contributed by atoms with van der Waals surface area (Å²) in [5, 5.41) is 38.2. The van der Waals surface area contributed by atoms with E-state index in [9.17, 15) is 24.8 Å². The van der Waals surface area contributed by atoms with E-state index in [-0.39, 0.29) is 39.1 Å². The summed E-state index contributed by atoms with van der Waals surface area (Å²) in [6, 6.07) is -2.22. The van der Waals surface area contributed by atoms with Crippen LogP contribution < -0.4 is 0 Å². The van der Waals surface area contributed by atoms with E-state index in [4.69, 9.17) is 61.9 Å². The average molecular weight is 1060 g/mol. The largest absolute Gasteiger partial charge is 0.389 e. The fourth-order valence-electron chi connectivity index (χ4n) is 5.89. The zero-order valence-corrected chi connectivity index (χ0v) is 42.8. The molecule has 0 aromatic carbocycles. The van der Waals surface area contributed by atoms with Gasteiger partial charge in [0.25, 0.3) is 0 Å². The summed E-state index contributed by atoms with van der Waals surface area (Å²) >= 11 is 11.3. The zero-order chi connectivity index (χ0) is 43.7. The van der Waals surface area contributed by atoms with Crippen LogP contribution in [0.4, 0.5) is 4.39 Å². The average Bonchev–Trinajstić information content (AvgIpc) is 3.66. The van der Waals surface area contributed by atoms with Crippen LogP contribution in [0.5, 0.6) is 0 Å². The lowest BCUT2D eigenvalue weighted by Gasteiger charge is -2.18. The number of rotatable bonds is 12. The highest BCUT2D eigenvalue weighted by atomic mass is 127. The maximum atomic E-state index is 13.1. The van der Waals surface area contributed by atoms with Gasteiger partial charge in [-0.3, -0.25) is 0 Å². The van der Waals surface area contributed by atoms with Crippen LogP contribution >= 0.6 is 77.7 Å². The summed E-state index contributed by atoms with van der Waals surface area (Å²) in [6.07, 6.45) is 18.5. The minimum Gasteiger partial charge on any atom is -0.389 e. The van der Waals surface area contributed by atoms with Crippen molar-refractivity contribution in [2.24, 2.45) is 0 Å². The number of aliphatic hydroxyl groups is 4. The Morgan fingerprint density at radius 2 is 0.857 bits per heavy atom. The molecule has 0 spiro atoms. The Kier molecular flexibility index (Phi) is 24.8. The summed E-state index contributed by atoms with van der Waals surface area (Å²) in [5.41, 5.74) is 0.